The molecule has 0 bridgehead atoms. The highest BCUT2D eigenvalue weighted by molar-refractivity contribution is 5.38. The first-order chi connectivity index (χ1) is 9.48. The van der Waals surface area contributed by atoms with Crippen LogP contribution in [0.3, 0.4) is 0 Å². The van der Waals surface area contributed by atoms with Crippen LogP contribution in [0.2, 0.25) is 0 Å². The predicted octanol–water partition coefficient (Wildman–Crippen LogP) is 3.83. The predicted molar refractivity (Wildman–Crippen MR) is 85.5 cm³/mol. The van der Waals surface area contributed by atoms with Gasteiger partial charge in [-0.05, 0) is 67.3 Å². The van der Waals surface area contributed by atoms with E-state index >= 15 is 0 Å². The molecule has 0 amide bonds. The quantitative estimate of drug-likeness (QED) is 0.902. The highest BCUT2D eigenvalue weighted by Gasteiger charge is 2.17. The number of hydrogen-bond donors (Lipinski definition) is 1. The van der Waals surface area contributed by atoms with E-state index in [4.69, 9.17) is 4.74 Å². The van der Waals surface area contributed by atoms with E-state index < -0.39 is 0 Å². The van der Waals surface area contributed by atoms with Gasteiger partial charge in [-0.25, -0.2) is 0 Å². The Labute approximate surface area is 123 Å². The second-order valence-electron chi connectivity index (χ2n) is 7.30. The van der Waals surface area contributed by atoms with Crippen LogP contribution in [-0.4, -0.2) is 20.2 Å². The summed E-state index contributed by atoms with van der Waals surface area (Å²) in [5, 5.41) is 3.50. The zero-order chi connectivity index (χ0) is 14.6. The van der Waals surface area contributed by atoms with Crippen molar-refractivity contribution >= 4 is 0 Å². The zero-order valence-corrected chi connectivity index (χ0v) is 13.5. The van der Waals surface area contributed by atoms with Crippen molar-refractivity contribution in [3.05, 3.63) is 29.3 Å². The molecule has 1 fully saturated rings. The van der Waals surface area contributed by atoms with Crippen molar-refractivity contribution in [1.29, 1.82) is 0 Å². The molecule has 1 saturated heterocycles. The summed E-state index contributed by atoms with van der Waals surface area (Å²) >= 11 is 0. The molecule has 0 radical (unpaired) electrons. The Morgan fingerprint density at radius 2 is 2.10 bits per heavy atom. The van der Waals surface area contributed by atoms with Gasteiger partial charge >= 0.3 is 0 Å². The summed E-state index contributed by atoms with van der Waals surface area (Å²) in [7, 11) is 1.78. The number of methoxy groups -OCH3 is 1. The van der Waals surface area contributed by atoms with Crippen molar-refractivity contribution in [1.82, 2.24) is 5.32 Å². The lowest BCUT2D eigenvalue weighted by atomic mass is 9.86. The molecule has 1 aliphatic rings. The molecule has 0 aromatic heterocycles. The Kier molecular flexibility index (Phi) is 5.09. The van der Waals surface area contributed by atoms with Gasteiger partial charge in [0.25, 0.3) is 0 Å². The Hall–Kier alpha value is -1.02. The molecule has 20 heavy (non-hydrogen) atoms. The summed E-state index contributed by atoms with van der Waals surface area (Å²) in [5.74, 6) is 1.80. The molecule has 1 aliphatic heterocycles. The Balaban J connectivity index is 2.13. The van der Waals surface area contributed by atoms with Gasteiger partial charge in [-0.2, -0.15) is 0 Å². The standard InChI is InChI=1S/C18H29NO/c1-18(2,3)12-14-7-8-17(20-4)16(10-14)11-15-6-5-9-19-13-15/h7-8,10,15,19H,5-6,9,11-13H2,1-4H3. The number of nitrogens with one attached hydrogen (secondary N) is 1. The molecule has 1 unspecified atom stereocenters. The first-order valence-corrected chi connectivity index (χ1v) is 7.84. The molecule has 0 saturated carbocycles. The van der Waals surface area contributed by atoms with Gasteiger partial charge < -0.3 is 10.1 Å². The summed E-state index contributed by atoms with van der Waals surface area (Å²) in [6.07, 6.45) is 4.88. The lowest BCUT2D eigenvalue weighted by Gasteiger charge is -2.24. The van der Waals surface area contributed by atoms with Crippen LogP contribution in [0.4, 0.5) is 0 Å². The van der Waals surface area contributed by atoms with Gasteiger partial charge in [0.05, 0.1) is 7.11 Å². The Bertz CT molecular complexity index is 428. The van der Waals surface area contributed by atoms with E-state index in [9.17, 15) is 0 Å². The first kappa shape index (κ1) is 15.4. The fourth-order valence-corrected chi connectivity index (χ4v) is 3.12. The topological polar surface area (TPSA) is 21.3 Å². The second kappa shape index (κ2) is 6.62. The van der Waals surface area contributed by atoms with Gasteiger partial charge in [0, 0.05) is 0 Å². The smallest absolute Gasteiger partial charge is 0.122 e. The van der Waals surface area contributed by atoms with Gasteiger partial charge in [-0.15, -0.1) is 0 Å². The normalized spacial score (nSPS) is 19.9. The van der Waals surface area contributed by atoms with Gasteiger partial charge in [-0.1, -0.05) is 32.9 Å². The zero-order valence-electron chi connectivity index (χ0n) is 13.5. The molecule has 0 spiro atoms. The molecule has 2 nitrogen and oxygen atoms in total. The van der Waals surface area contributed by atoms with Crippen LogP contribution in [0.5, 0.6) is 5.75 Å². The van der Waals surface area contributed by atoms with E-state index in [0.29, 0.717) is 5.41 Å². The van der Waals surface area contributed by atoms with Crippen LogP contribution in [0.15, 0.2) is 18.2 Å². The number of ether oxygens (including phenoxy) is 1. The minimum absolute atomic E-state index is 0.332. The van der Waals surface area contributed by atoms with Crippen molar-refractivity contribution in [3.8, 4) is 5.75 Å². The lowest BCUT2D eigenvalue weighted by Crippen LogP contribution is -2.30. The molecule has 0 aliphatic carbocycles. The number of rotatable bonds is 4. The van der Waals surface area contributed by atoms with Gasteiger partial charge in [0.2, 0.25) is 0 Å². The molecular formula is C18H29NO. The van der Waals surface area contributed by atoms with Crippen LogP contribution in [0, 0.1) is 11.3 Å². The molecular weight excluding hydrogens is 246 g/mol. The summed E-state index contributed by atoms with van der Waals surface area (Å²) in [6, 6.07) is 6.72. The van der Waals surface area contributed by atoms with Crippen molar-refractivity contribution < 1.29 is 4.74 Å². The monoisotopic (exact) mass is 275 g/mol. The van der Waals surface area contributed by atoms with Crippen molar-refractivity contribution in [2.24, 2.45) is 11.3 Å². The third kappa shape index (κ3) is 4.52. The molecule has 1 atom stereocenters. The van der Waals surface area contributed by atoms with E-state index in [1.54, 1.807) is 7.11 Å². The molecule has 1 N–H and O–H groups in total. The number of benzene rings is 1. The number of piperidine rings is 1. The van der Waals surface area contributed by atoms with Crippen LogP contribution < -0.4 is 10.1 Å². The summed E-state index contributed by atoms with van der Waals surface area (Å²) in [4.78, 5) is 0. The third-order valence-corrected chi connectivity index (χ3v) is 3.99. The van der Waals surface area contributed by atoms with E-state index in [1.807, 2.05) is 0 Å². The van der Waals surface area contributed by atoms with Crippen LogP contribution in [0.1, 0.15) is 44.7 Å². The minimum Gasteiger partial charge on any atom is -0.496 e. The fraction of sp³-hybridized carbons (Fsp3) is 0.667. The Morgan fingerprint density at radius 1 is 1.30 bits per heavy atom. The minimum atomic E-state index is 0.332. The van der Waals surface area contributed by atoms with E-state index in [0.717, 1.165) is 31.1 Å². The summed E-state index contributed by atoms with van der Waals surface area (Å²) in [6.45, 7) is 9.20. The number of hydrogen-bond acceptors (Lipinski definition) is 2. The van der Waals surface area contributed by atoms with E-state index in [2.05, 4.69) is 44.3 Å². The maximum absolute atomic E-state index is 5.55. The average molecular weight is 275 g/mol. The molecule has 1 heterocycles. The molecule has 2 rings (SSSR count). The molecule has 112 valence electrons. The molecule has 2 heteroatoms. The second-order valence-corrected chi connectivity index (χ2v) is 7.30. The SMILES string of the molecule is COc1ccc(CC(C)(C)C)cc1CC1CCCNC1. The highest BCUT2D eigenvalue weighted by atomic mass is 16.5. The average Bonchev–Trinajstić information content (AvgIpc) is 2.38. The fourth-order valence-electron chi connectivity index (χ4n) is 3.12. The van der Waals surface area contributed by atoms with Crippen LogP contribution in [-0.2, 0) is 12.8 Å². The van der Waals surface area contributed by atoms with Gasteiger partial charge in [0.15, 0.2) is 0 Å². The van der Waals surface area contributed by atoms with Gasteiger partial charge in [-0.3, -0.25) is 0 Å². The van der Waals surface area contributed by atoms with Crippen LogP contribution >= 0.6 is 0 Å². The maximum atomic E-state index is 5.55. The Morgan fingerprint density at radius 3 is 2.70 bits per heavy atom. The van der Waals surface area contributed by atoms with E-state index in [1.165, 1.54) is 30.5 Å². The van der Waals surface area contributed by atoms with Crippen molar-refractivity contribution in [2.45, 2.75) is 46.5 Å². The lowest BCUT2D eigenvalue weighted by molar-refractivity contribution is 0.363. The van der Waals surface area contributed by atoms with Crippen molar-refractivity contribution in [2.75, 3.05) is 20.2 Å². The maximum Gasteiger partial charge on any atom is 0.122 e. The van der Waals surface area contributed by atoms with E-state index in [-0.39, 0.29) is 0 Å². The molecule has 1 aromatic carbocycles. The van der Waals surface area contributed by atoms with Gasteiger partial charge in [0.1, 0.15) is 5.75 Å². The summed E-state index contributed by atoms with van der Waals surface area (Å²) < 4.78 is 5.55. The third-order valence-electron chi connectivity index (χ3n) is 3.99. The van der Waals surface area contributed by atoms with Crippen molar-refractivity contribution in [3.63, 3.8) is 0 Å². The molecule has 1 aromatic rings. The van der Waals surface area contributed by atoms with Crippen LogP contribution in [0.25, 0.3) is 0 Å². The summed E-state index contributed by atoms with van der Waals surface area (Å²) in [5.41, 5.74) is 3.14. The largest absolute Gasteiger partial charge is 0.496 e. The highest BCUT2D eigenvalue weighted by Crippen LogP contribution is 2.28. The first-order valence-electron chi connectivity index (χ1n) is 7.84.